The molecule has 0 saturated carbocycles. The van der Waals surface area contributed by atoms with Crippen LogP contribution in [0.3, 0.4) is 0 Å². The van der Waals surface area contributed by atoms with Crippen molar-refractivity contribution in [2.45, 2.75) is 12.8 Å². The van der Waals surface area contributed by atoms with Gasteiger partial charge in [-0.05, 0) is 44.1 Å². The third-order valence-corrected chi connectivity index (χ3v) is 3.14. The smallest absolute Gasteiger partial charge is 0.176 e. The molecule has 4 heteroatoms. The third-order valence-electron chi connectivity index (χ3n) is 2.84. The molecule has 0 amide bonds. The molecule has 0 spiro atoms. The lowest BCUT2D eigenvalue weighted by atomic mass is 10.1. The van der Waals surface area contributed by atoms with Gasteiger partial charge in [0.05, 0.1) is 11.6 Å². The minimum atomic E-state index is 0.0133. The van der Waals surface area contributed by atoms with Crippen LogP contribution in [0.4, 0.5) is 0 Å². The van der Waals surface area contributed by atoms with Crippen molar-refractivity contribution in [3.05, 3.63) is 28.8 Å². The molecule has 0 unspecified atom stereocenters. The molecule has 86 valence electrons. The summed E-state index contributed by atoms with van der Waals surface area (Å²) >= 11 is 5.76. The molecule has 0 atom stereocenters. The molecule has 1 N–H and O–H groups in total. The maximum Gasteiger partial charge on any atom is 0.176 e. The molecule has 1 heterocycles. The van der Waals surface area contributed by atoms with Crippen molar-refractivity contribution < 1.29 is 9.90 Å². The van der Waals surface area contributed by atoms with Crippen LogP contribution < -0.4 is 0 Å². The van der Waals surface area contributed by atoms with Crippen molar-refractivity contribution in [1.82, 2.24) is 4.90 Å². The Morgan fingerprint density at radius 3 is 2.69 bits per heavy atom. The van der Waals surface area contributed by atoms with E-state index in [2.05, 4.69) is 4.90 Å². The highest BCUT2D eigenvalue weighted by Gasteiger charge is 2.16. The van der Waals surface area contributed by atoms with Crippen LogP contribution in [0.2, 0.25) is 5.02 Å². The van der Waals surface area contributed by atoms with Gasteiger partial charge in [-0.3, -0.25) is 9.69 Å². The van der Waals surface area contributed by atoms with Gasteiger partial charge in [0.15, 0.2) is 5.78 Å². The van der Waals surface area contributed by atoms with Crippen molar-refractivity contribution in [2.75, 3.05) is 19.6 Å². The first-order valence-electron chi connectivity index (χ1n) is 5.41. The van der Waals surface area contributed by atoms with Gasteiger partial charge in [0, 0.05) is 5.56 Å². The Morgan fingerprint density at radius 2 is 2.06 bits per heavy atom. The lowest BCUT2D eigenvalue weighted by Crippen LogP contribution is -2.26. The van der Waals surface area contributed by atoms with E-state index in [4.69, 9.17) is 11.6 Å². The summed E-state index contributed by atoms with van der Waals surface area (Å²) in [5, 5.41) is 9.49. The summed E-state index contributed by atoms with van der Waals surface area (Å²) in [5.74, 6) is 0.0724. The Kier molecular flexibility index (Phi) is 3.46. The van der Waals surface area contributed by atoms with Gasteiger partial charge in [-0.1, -0.05) is 11.6 Å². The minimum Gasteiger partial charge on any atom is -0.506 e. The highest BCUT2D eigenvalue weighted by Crippen LogP contribution is 2.24. The number of nitrogens with zero attached hydrogens (tertiary/aromatic N) is 1. The highest BCUT2D eigenvalue weighted by atomic mass is 35.5. The molecular weight excluding hydrogens is 226 g/mol. The van der Waals surface area contributed by atoms with Crippen LogP contribution in [0.25, 0.3) is 0 Å². The van der Waals surface area contributed by atoms with E-state index in [0.29, 0.717) is 12.1 Å². The second-order valence-electron chi connectivity index (χ2n) is 4.07. The molecule has 1 fully saturated rings. The van der Waals surface area contributed by atoms with E-state index in [1.165, 1.54) is 25.0 Å². The summed E-state index contributed by atoms with van der Waals surface area (Å²) in [6, 6.07) is 4.59. The predicted molar refractivity (Wildman–Crippen MR) is 63.1 cm³/mol. The second kappa shape index (κ2) is 4.85. The predicted octanol–water partition coefficient (Wildman–Crippen LogP) is 2.32. The van der Waals surface area contributed by atoms with Gasteiger partial charge in [0.1, 0.15) is 5.75 Å². The molecular formula is C12H14ClNO2. The van der Waals surface area contributed by atoms with Crippen LogP contribution in [-0.4, -0.2) is 35.4 Å². The molecule has 1 aliphatic rings. The van der Waals surface area contributed by atoms with Gasteiger partial charge in [0.2, 0.25) is 0 Å². The number of Topliss-reactive ketones (excluding diaryl/α,β-unsaturated/α-hetero) is 1. The standard InChI is InChI=1S/C12H14ClNO2/c13-10-7-9(3-4-11(10)15)12(16)8-14-5-1-2-6-14/h3-4,7,15H,1-2,5-6,8H2. The monoisotopic (exact) mass is 239 g/mol. The van der Waals surface area contributed by atoms with Crippen molar-refractivity contribution >= 4 is 17.4 Å². The molecule has 1 saturated heterocycles. The van der Waals surface area contributed by atoms with E-state index in [1.54, 1.807) is 6.07 Å². The van der Waals surface area contributed by atoms with Crippen LogP contribution >= 0.6 is 11.6 Å². The zero-order valence-corrected chi connectivity index (χ0v) is 9.70. The topological polar surface area (TPSA) is 40.5 Å². The fraction of sp³-hybridized carbons (Fsp3) is 0.417. The largest absolute Gasteiger partial charge is 0.506 e. The molecule has 0 aromatic heterocycles. The minimum absolute atomic E-state index is 0.0133. The van der Waals surface area contributed by atoms with E-state index in [9.17, 15) is 9.90 Å². The van der Waals surface area contributed by atoms with Crippen molar-refractivity contribution in [3.63, 3.8) is 0 Å². The van der Waals surface area contributed by atoms with Crippen LogP contribution in [0.1, 0.15) is 23.2 Å². The number of hydrogen-bond donors (Lipinski definition) is 1. The summed E-state index contributed by atoms with van der Waals surface area (Å²) in [6.07, 6.45) is 2.34. The summed E-state index contributed by atoms with van der Waals surface area (Å²) < 4.78 is 0. The molecule has 0 bridgehead atoms. The molecule has 1 aromatic carbocycles. The molecule has 2 rings (SSSR count). The van der Waals surface area contributed by atoms with Crippen LogP contribution in [-0.2, 0) is 0 Å². The summed E-state index contributed by atoms with van der Waals surface area (Å²) in [5.41, 5.74) is 0.565. The SMILES string of the molecule is O=C(CN1CCCC1)c1ccc(O)c(Cl)c1. The number of rotatable bonds is 3. The van der Waals surface area contributed by atoms with Gasteiger partial charge >= 0.3 is 0 Å². The highest BCUT2D eigenvalue weighted by molar-refractivity contribution is 6.32. The Labute approximate surface area is 99.6 Å². The number of carbonyl (C=O) groups is 1. The van der Waals surface area contributed by atoms with E-state index < -0.39 is 0 Å². The quantitative estimate of drug-likeness (QED) is 0.823. The first-order chi connectivity index (χ1) is 7.66. The number of ketones is 1. The van der Waals surface area contributed by atoms with E-state index in [-0.39, 0.29) is 16.6 Å². The molecule has 0 radical (unpaired) electrons. The fourth-order valence-electron chi connectivity index (χ4n) is 1.92. The fourth-order valence-corrected chi connectivity index (χ4v) is 2.10. The Bertz CT molecular complexity index is 400. The maximum absolute atomic E-state index is 11.9. The number of aromatic hydroxyl groups is 1. The number of phenols is 1. The Hall–Kier alpha value is -1.06. The molecule has 16 heavy (non-hydrogen) atoms. The van der Waals surface area contributed by atoms with Gasteiger partial charge in [-0.2, -0.15) is 0 Å². The number of halogens is 1. The molecule has 1 aromatic rings. The van der Waals surface area contributed by atoms with Gasteiger partial charge in [-0.15, -0.1) is 0 Å². The van der Waals surface area contributed by atoms with E-state index in [0.717, 1.165) is 13.1 Å². The van der Waals surface area contributed by atoms with Crippen LogP contribution in [0, 0.1) is 0 Å². The van der Waals surface area contributed by atoms with Crippen LogP contribution in [0.15, 0.2) is 18.2 Å². The second-order valence-corrected chi connectivity index (χ2v) is 4.48. The summed E-state index contributed by atoms with van der Waals surface area (Å²) in [6.45, 7) is 2.44. The van der Waals surface area contributed by atoms with E-state index >= 15 is 0 Å². The van der Waals surface area contributed by atoms with Gasteiger partial charge < -0.3 is 5.11 Å². The number of benzene rings is 1. The molecule has 1 aliphatic heterocycles. The zero-order chi connectivity index (χ0) is 11.5. The number of hydrogen-bond acceptors (Lipinski definition) is 3. The average molecular weight is 240 g/mol. The maximum atomic E-state index is 11.9. The first kappa shape index (κ1) is 11.4. The van der Waals surface area contributed by atoms with Crippen molar-refractivity contribution in [1.29, 1.82) is 0 Å². The number of carbonyl (C=O) groups excluding carboxylic acids is 1. The third kappa shape index (κ3) is 2.54. The Morgan fingerprint density at radius 1 is 1.38 bits per heavy atom. The molecule has 0 aliphatic carbocycles. The Balaban J connectivity index is 2.05. The van der Waals surface area contributed by atoms with Gasteiger partial charge in [0.25, 0.3) is 0 Å². The van der Waals surface area contributed by atoms with E-state index in [1.807, 2.05) is 0 Å². The lowest BCUT2D eigenvalue weighted by Gasteiger charge is -2.13. The lowest BCUT2D eigenvalue weighted by molar-refractivity contribution is 0.0945. The summed E-state index contributed by atoms with van der Waals surface area (Å²) in [7, 11) is 0. The van der Waals surface area contributed by atoms with Gasteiger partial charge in [-0.25, -0.2) is 0 Å². The van der Waals surface area contributed by atoms with Crippen LogP contribution in [0.5, 0.6) is 5.75 Å². The summed E-state index contributed by atoms with van der Waals surface area (Å²) in [4.78, 5) is 14.0. The van der Waals surface area contributed by atoms with Crippen molar-refractivity contribution in [3.8, 4) is 5.75 Å². The number of phenolic OH excluding ortho intramolecular Hbond substituents is 1. The first-order valence-corrected chi connectivity index (χ1v) is 5.78. The number of likely N-dealkylation sites (tertiary alicyclic amines) is 1. The normalized spacial score (nSPS) is 16.6. The zero-order valence-electron chi connectivity index (χ0n) is 8.95. The molecule has 3 nitrogen and oxygen atoms in total. The van der Waals surface area contributed by atoms with Crippen molar-refractivity contribution in [2.24, 2.45) is 0 Å². The average Bonchev–Trinajstić information content (AvgIpc) is 2.74.